The molecular formula is C18H34N2. The second kappa shape index (κ2) is 5.96. The van der Waals surface area contributed by atoms with Gasteiger partial charge >= 0.3 is 0 Å². The maximum absolute atomic E-state index is 3.85. The Morgan fingerprint density at radius 3 is 2.45 bits per heavy atom. The summed E-state index contributed by atoms with van der Waals surface area (Å²) in [6.45, 7) is 11.2. The number of rotatable bonds is 4. The first kappa shape index (κ1) is 14.8. The van der Waals surface area contributed by atoms with Crippen molar-refractivity contribution in [3.8, 4) is 0 Å². The average Bonchev–Trinajstić information content (AvgIpc) is 3.23. The highest BCUT2D eigenvalue weighted by Gasteiger charge is 2.40. The summed E-state index contributed by atoms with van der Waals surface area (Å²) >= 11 is 0. The SMILES string of the molecule is CC(C)C1CNC(C2CC2)CN1CC1(C)CCCCC1. The summed E-state index contributed by atoms with van der Waals surface area (Å²) in [5.74, 6) is 1.76. The van der Waals surface area contributed by atoms with Crippen LogP contribution in [0.1, 0.15) is 65.7 Å². The van der Waals surface area contributed by atoms with Crippen LogP contribution in [0.25, 0.3) is 0 Å². The summed E-state index contributed by atoms with van der Waals surface area (Å²) < 4.78 is 0. The van der Waals surface area contributed by atoms with Crippen molar-refractivity contribution < 1.29 is 0 Å². The molecule has 2 heteroatoms. The molecular weight excluding hydrogens is 244 g/mol. The van der Waals surface area contributed by atoms with Crippen LogP contribution in [0.2, 0.25) is 0 Å². The predicted octanol–water partition coefficient (Wildman–Crippen LogP) is 3.67. The first-order valence-electron chi connectivity index (χ1n) is 9.05. The summed E-state index contributed by atoms with van der Waals surface area (Å²) in [5.41, 5.74) is 0.594. The summed E-state index contributed by atoms with van der Waals surface area (Å²) in [7, 11) is 0. The number of nitrogens with zero attached hydrogens (tertiary/aromatic N) is 1. The summed E-state index contributed by atoms with van der Waals surface area (Å²) in [6.07, 6.45) is 10.2. The van der Waals surface area contributed by atoms with Crippen molar-refractivity contribution >= 4 is 0 Å². The number of nitrogens with one attached hydrogen (secondary N) is 1. The highest BCUT2D eigenvalue weighted by molar-refractivity contribution is 4.97. The van der Waals surface area contributed by atoms with Crippen molar-refractivity contribution in [2.45, 2.75) is 77.8 Å². The molecule has 0 bridgehead atoms. The van der Waals surface area contributed by atoms with E-state index in [1.807, 2.05) is 0 Å². The van der Waals surface area contributed by atoms with Crippen LogP contribution in [-0.2, 0) is 0 Å². The zero-order valence-corrected chi connectivity index (χ0v) is 13.8. The van der Waals surface area contributed by atoms with Crippen LogP contribution in [0.15, 0.2) is 0 Å². The molecule has 2 unspecified atom stereocenters. The molecule has 20 heavy (non-hydrogen) atoms. The van der Waals surface area contributed by atoms with Crippen LogP contribution < -0.4 is 5.32 Å². The molecule has 1 saturated heterocycles. The van der Waals surface area contributed by atoms with Crippen LogP contribution in [0, 0.1) is 17.3 Å². The van der Waals surface area contributed by atoms with Crippen LogP contribution in [0.4, 0.5) is 0 Å². The standard InChI is InChI=1S/C18H34N2/c1-14(2)17-11-19-16(15-7-8-15)12-20(17)13-18(3)9-5-4-6-10-18/h14-17,19H,4-13H2,1-3H3. The third kappa shape index (κ3) is 3.39. The van der Waals surface area contributed by atoms with Gasteiger partial charge in [0, 0.05) is 31.7 Å². The second-order valence-electron chi connectivity index (χ2n) is 8.46. The van der Waals surface area contributed by atoms with E-state index in [9.17, 15) is 0 Å². The highest BCUT2D eigenvalue weighted by Crippen LogP contribution is 2.39. The van der Waals surface area contributed by atoms with Gasteiger partial charge in [-0.25, -0.2) is 0 Å². The van der Waals surface area contributed by atoms with Crippen molar-refractivity contribution in [1.29, 1.82) is 0 Å². The van der Waals surface area contributed by atoms with Crippen LogP contribution in [0.3, 0.4) is 0 Å². The molecule has 1 aliphatic heterocycles. The molecule has 0 radical (unpaired) electrons. The third-order valence-corrected chi connectivity index (χ3v) is 6.10. The van der Waals surface area contributed by atoms with Gasteiger partial charge in [-0.15, -0.1) is 0 Å². The van der Waals surface area contributed by atoms with Gasteiger partial charge in [0.1, 0.15) is 0 Å². The molecule has 1 heterocycles. The van der Waals surface area contributed by atoms with Gasteiger partial charge < -0.3 is 5.32 Å². The number of hydrogen-bond donors (Lipinski definition) is 1. The minimum absolute atomic E-state index is 0.594. The molecule has 0 aromatic heterocycles. The fourth-order valence-corrected chi connectivity index (χ4v) is 4.56. The smallest absolute Gasteiger partial charge is 0.0244 e. The lowest BCUT2D eigenvalue weighted by Crippen LogP contribution is -2.60. The Kier molecular flexibility index (Phi) is 4.42. The van der Waals surface area contributed by atoms with Crippen molar-refractivity contribution in [2.75, 3.05) is 19.6 Å². The van der Waals surface area contributed by atoms with Crippen molar-refractivity contribution in [3.63, 3.8) is 0 Å². The van der Waals surface area contributed by atoms with Crippen LogP contribution in [0.5, 0.6) is 0 Å². The Morgan fingerprint density at radius 1 is 1.15 bits per heavy atom. The fraction of sp³-hybridized carbons (Fsp3) is 1.00. The van der Waals surface area contributed by atoms with Gasteiger partial charge in [-0.3, -0.25) is 4.90 Å². The third-order valence-electron chi connectivity index (χ3n) is 6.10. The topological polar surface area (TPSA) is 15.3 Å². The molecule has 0 aromatic rings. The van der Waals surface area contributed by atoms with E-state index in [1.165, 1.54) is 64.6 Å². The Morgan fingerprint density at radius 2 is 1.85 bits per heavy atom. The molecule has 0 aromatic carbocycles. The Bertz CT molecular complexity index is 315. The van der Waals surface area contributed by atoms with Gasteiger partial charge in [0.25, 0.3) is 0 Å². The highest BCUT2D eigenvalue weighted by atomic mass is 15.2. The van der Waals surface area contributed by atoms with Crippen molar-refractivity contribution in [2.24, 2.45) is 17.3 Å². The van der Waals surface area contributed by atoms with Crippen LogP contribution >= 0.6 is 0 Å². The summed E-state index contributed by atoms with van der Waals surface area (Å²) in [6, 6.07) is 1.54. The molecule has 0 spiro atoms. The zero-order chi connectivity index (χ0) is 14.2. The van der Waals surface area contributed by atoms with E-state index in [1.54, 1.807) is 0 Å². The summed E-state index contributed by atoms with van der Waals surface area (Å²) in [4.78, 5) is 2.87. The largest absolute Gasteiger partial charge is 0.311 e. The van der Waals surface area contributed by atoms with E-state index in [0.29, 0.717) is 5.41 Å². The van der Waals surface area contributed by atoms with E-state index in [-0.39, 0.29) is 0 Å². The molecule has 2 saturated carbocycles. The van der Waals surface area contributed by atoms with Gasteiger partial charge in [-0.2, -0.15) is 0 Å². The van der Waals surface area contributed by atoms with Gasteiger partial charge in [0.2, 0.25) is 0 Å². The van der Waals surface area contributed by atoms with Gasteiger partial charge in [-0.1, -0.05) is 40.0 Å². The Hall–Kier alpha value is -0.0800. The lowest BCUT2D eigenvalue weighted by molar-refractivity contribution is 0.0362. The van der Waals surface area contributed by atoms with E-state index in [2.05, 4.69) is 31.0 Å². The quantitative estimate of drug-likeness (QED) is 0.844. The second-order valence-corrected chi connectivity index (χ2v) is 8.46. The fourth-order valence-electron chi connectivity index (χ4n) is 4.56. The Balaban J connectivity index is 1.65. The molecule has 1 N–H and O–H groups in total. The minimum atomic E-state index is 0.594. The maximum atomic E-state index is 3.85. The number of hydrogen-bond acceptors (Lipinski definition) is 2. The first-order valence-corrected chi connectivity index (χ1v) is 9.05. The molecule has 0 amide bonds. The van der Waals surface area contributed by atoms with Gasteiger partial charge in [-0.05, 0) is 42.9 Å². The predicted molar refractivity (Wildman–Crippen MR) is 85.9 cm³/mol. The van der Waals surface area contributed by atoms with E-state index < -0.39 is 0 Å². The molecule has 2 atom stereocenters. The van der Waals surface area contributed by atoms with Crippen LogP contribution in [-0.4, -0.2) is 36.6 Å². The van der Waals surface area contributed by atoms with E-state index in [0.717, 1.165) is 23.9 Å². The first-order chi connectivity index (χ1) is 9.57. The molecule has 116 valence electrons. The molecule has 3 aliphatic rings. The Labute approximate surface area is 125 Å². The maximum Gasteiger partial charge on any atom is 0.0244 e. The summed E-state index contributed by atoms with van der Waals surface area (Å²) in [5, 5.41) is 3.85. The van der Waals surface area contributed by atoms with Crippen molar-refractivity contribution in [1.82, 2.24) is 10.2 Å². The zero-order valence-electron chi connectivity index (χ0n) is 13.8. The van der Waals surface area contributed by atoms with E-state index in [4.69, 9.17) is 0 Å². The minimum Gasteiger partial charge on any atom is -0.311 e. The lowest BCUT2D eigenvalue weighted by atomic mass is 9.74. The molecule has 2 nitrogen and oxygen atoms in total. The van der Waals surface area contributed by atoms with Gasteiger partial charge in [0.05, 0.1) is 0 Å². The van der Waals surface area contributed by atoms with Gasteiger partial charge in [0.15, 0.2) is 0 Å². The van der Waals surface area contributed by atoms with Crippen molar-refractivity contribution in [3.05, 3.63) is 0 Å². The monoisotopic (exact) mass is 278 g/mol. The number of piperazine rings is 1. The average molecular weight is 278 g/mol. The molecule has 3 fully saturated rings. The lowest BCUT2D eigenvalue weighted by Gasteiger charge is -2.47. The molecule has 2 aliphatic carbocycles. The molecule has 3 rings (SSSR count). The van der Waals surface area contributed by atoms with E-state index >= 15 is 0 Å². The normalized spacial score (nSPS) is 35.4.